The van der Waals surface area contributed by atoms with Crippen molar-refractivity contribution >= 4 is 49.5 Å². The second-order valence-corrected chi connectivity index (χ2v) is 8.95. The fourth-order valence-electron chi connectivity index (χ4n) is 3.70. The summed E-state index contributed by atoms with van der Waals surface area (Å²) in [5.74, 6) is -0.334. The van der Waals surface area contributed by atoms with Crippen LogP contribution in [0.5, 0.6) is 5.75 Å². The molecule has 3 aromatic carbocycles. The summed E-state index contributed by atoms with van der Waals surface area (Å²) in [5, 5.41) is 3.82. The first kappa shape index (κ1) is 22.5. The first-order valence-electron chi connectivity index (χ1n) is 10.9. The molecule has 0 saturated heterocycles. The van der Waals surface area contributed by atoms with Gasteiger partial charge in [0.25, 0.3) is 5.91 Å². The van der Waals surface area contributed by atoms with E-state index >= 15 is 0 Å². The molecule has 0 saturated carbocycles. The number of nitrogens with zero attached hydrogens (tertiary/aromatic N) is 2. The van der Waals surface area contributed by atoms with E-state index in [1.807, 2.05) is 67.6 Å². The molecule has 0 spiro atoms. The van der Waals surface area contributed by atoms with Crippen LogP contribution in [0, 0.1) is 6.92 Å². The third kappa shape index (κ3) is 4.83. The van der Waals surface area contributed by atoms with Gasteiger partial charge in [-0.15, -0.1) is 0 Å². The van der Waals surface area contributed by atoms with Gasteiger partial charge in [-0.25, -0.2) is 14.8 Å². The van der Waals surface area contributed by atoms with E-state index in [4.69, 9.17) is 9.47 Å². The highest BCUT2D eigenvalue weighted by Crippen LogP contribution is 2.28. The van der Waals surface area contributed by atoms with Crippen LogP contribution >= 0.6 is 11.3 Å². The molecule has 2 heterocycles. The number of para-hydroxylation sites is 1. The van der Waals surface area contributed by atoms with E-state index in [9.17, 15) is 9.59 Å². The van der Waals surface area contributed by atoms with E-state index in [1.54, 1.807) is 19.2 Å². The van der Waals surface area contributed by atoms with E-state index < -0.39 is 18.5 Å². The van der Waals surface area contributed by atoms with Crippen LogP contribution in [0.4, 0.5) is 5.13 Å². The summed E-state index contributed by atoms with van der Waals surface area (Å²) in [7, 11) is 1.60. The molecule has 5 aromatic rings. The Morgan fingerprint density at radius 3 is 2.54 bits per heavy atom. The lowest BCUT2D eigenvalue weighted by atomic mass is 10.0. The van der Waals surface area contributed by atoms with Gasteiger partial charge in [0.15, 0.2) is 11.7 Å². The molecule has 0 bridgehead atoms. The van der Waals surface area contributed by atoms with Gasteiger partial charge < -0.3 is 9.47 Å². The van der Waals surface area contributed by atoms with Gasteiger partial charge in [-0.1, -0.05) is 35.6 Å². The molecular weight excluding hydrogens is 462 g/mol. The number of anilines is 1. The number of amides is 1. The Kier molecular flexibility index (Phi) is 6.12. The quantitative estimate of drug-likeness (QED) is 0.315. The minimum Gasteiger partial charge on any atom is -0.497 e. The molecule has 1 amide bonds. The van der Waals surface area contributed by atoms with E-state index in [0.717, 1.165) is 27.1 Å². The molecule has 7 nitrogen and oxygen atoms in total. The highest BCUT2D eigenvalue weighted by Gasteiger charge is 2.17. The van der Waals surface area contributed by atoms with Crippen molar-refractivity contribution < 1.29 is 19.1 Å². The highest BCUT2D eigenvalue weighted by atomic mass is 32.1. The molecule has 0 radical (unpaired) electrons. The van der Waals surface area contributed by atoms with Crippen molar-refractivity contribution in [3.63, 3.8) is 0 Å². The number of esters is 1. The highest BCUT2D eigenvalue weighted by molar-refractivity contribution is 7.22. The number of carbonyl (C=O) groups excluding carboxylic acids is 2. The van der Waals surface area contributed by atoms with E-state index in [0.29, 0.717) is 27.3 Å². The molecule has 35 heavy (non-hydrogen) atoms. The summed E-state index contributed by atoms with van der Waals surface area (Å²) in [4.78, 5) is 34.6. The van der Waals surface area contributed by atoms with Gasteiger partial charge in [-0.05, 0) is 61.0 Å². The second-order valence-electron chi connectivity index (χ2n) is 7.92. The predicted octanol–water partition coefficient (Wildman–Crippen LogP) is 5.62. The Labute approximate surface area is 205 Å². The van der Waals surface area contributed by atoms with Crippen molar-refractivity contribution in [2.75, 3.05) is 19.0 Å². The SMILES string of the molecule is COc1ccc(-c2cc(C(=O)OCC(=O)Nc3nc4ccc(C)cc4s3)c3ccccc3n2)cc1. The Bertz CT molecular complexity index is 1560. The topological polar surface area (TPSA) is 90.4 Å². The number of aryl methyl sites for hydroxylation is 1. The zero-order chi connectivity index (χ0) is 24.4. The molecule has 8 heteroatoms. The van der Waals surface area contributed by atoms with Gasteiger partial charge in [0.05, 0.1) is 34.1 Å². The van der Waals surface area contributed by atoms with Crippen LogP contribution in [0.3, 0.4) is 0 Å². The molecule has 1 N–H and O–H groups in total. The maximum absolute atomic E-state index is 13.0. The minimum atomic E-state index is -0.603. The number of methoxy groups -OCH3 is 1. The van der Waals surface area contributed by atoms with E-state index in [-0.39, 0.29) is 0 Å². The van der Waals surface area contributed by atoms with Crippen molar-refractivity contribution in [1.82, 2.24) is 9.97 Å². The number of thiazole rings is 1. The lowest BCUT2D eigenvalue weighted by molar-refractivity contribution is -0.119. The average molecular weight is 484 g/mol. The number of ether oxygens (including phenoxy) is 2. The first-order chi connectivity index (χ1) is 17.0. The lowest BCUT2D eigenvalue weighted by Gasteiger charge is -2.10. The number of fused-ring (bicyclic) bond motifs is 2. The third-order valence-corrected chi connectivity index (χ3v) is 6.38. The molecule has 5 rings (SSSR count). The zero-order valence-electron chi connectivity index (χ0n) is 19.1. The summed E-state index contributed by atoms with van der Waals surface area (Å²) >= 11 is 1.37. The molecule has 0 unspecified atom stereocenters. The van der Waals surface area contributed by atoms with Crippen LogP contribution < -0.4 is 10.1 Å². The van der Waals surface area contributed by atoms with Crippen molar-refractivity contribution in [3.05, 3.63) is 83.9 Å². The van der Waals surface area contributed by atoms with Gasteiger partial charge in [0.1, 0.15) is 5.75 Å². The van der Waals surface area contributed by atoms with Crippen molar-refractivity contribution in [1.29, 1.82) is 0 Å². The van der Waals surface area contributed by atoms with Gasteiger partial charge in [0, 0.05) is 10.9 Å². The standard InChI is InChI=1S/C27H21N3O4S/c1-16-7-12-22-24(13-16)35-27(29-22)30-25(31)15-34-26(32)20-14-23(17-8-10-18(33-2)11-9-17)28-21-6-4-3-5-19(20)21/h3-14H,15H2,1-2H3,(H,29,30,31). The van der Waals surface area contributed by atoms with Crippen molar-refractivity contribution in [3.8, 4) is 17.0 Å². The first-order valence-corrected chi connectivity index (χ1v) is 11.7. The summed E-state index contributed by atoms with van der Waals surface area (Å²) in [6, 6.07) is 22.3. The zero-order valence-corrected chi connectivity index (χ0v) is 19.9. The van der Waals surface area contributed by atoms with Crippen LogP contribution in [0.25, 0.3) is 32.4 Å². The smallest absolute Gasteiger partial charge is 0.339 e. The number of hydrogen-bond donors (Lipinski definition) is 1. The van der Waals surface area contributed by atoms with E-state index in [2.05, 4.69) is 15.3 Å². The fraction of sp³-hybridized carbons (Fsp3) is 0.111. The largest absolute Gasteiger partial charge is 0.497 e. The number of aromatic nitrogens is 2. The number of pyridine rings is 1. The summed E-state index contributed by atoms with van der Waals surface area (Å²) < 4.78 is 11.6. The average Bonchev–Trinajstić information content (AvgIpc) is 3.27. The van der Waals surface area contributed by atoms with Gasteiger partial charge in [0.2, 0.25) is 0 Å². The predicted molar refractivity (Wildman–Crippen MR) is 137 cm³/mol. The Balaban J connectivity index is 1.34. The lowest BCUT2D eigenvalue weighted by Crippen LogP contribution is -2.21. The Morgan fingerprint density at radius 1 is 0.943 bits per heavy atom. The molecule has 174 valence electrons. The summed E-state index contributed by atoms with van der Waals surface area (Å²) in [6.07, 6.45) is 0. The molecule has 0 aliphatic carbocycles. The second kappa shape index (κ2) is 9.52. The molecule has 0 atom stereocenters. The molecule has 0 aliphatic rings. The van der Waals surface area contributed by atoms with E-state index in [1.165, 1.54) is 11.3 Å². The van der Waals surface area contributed by atoms with Crippen LogP contribution in [0.15, 0.2) is 72.8 Å². The van der Waals surface area contributed by atoms with Crippen molar-refractivity contribution in [2.45, 2.75) is 6.92 Å². The van der Waals surface area contributed by atoms with Crippen LogP contribution in [-0.2, 0) is 9.53 Å². The number of nitrogens with one attached hydrogen (secondary N) is 1. The van der Waals surface area contributed by atoms with Crippen LogP contribution in [0.1, 0.15) is 15.9 Å². The normalized spacial score (nSPS) is 10.9. The molecule has 2 aromatic heterocycles. The van der Waals surface area contributed by atoms with Crippen LogP contribution in [-0.4, -0.2) is 35.6 Å². The number of carbonyl (C=O) groups is 2. The van der Waals surface area contributed by atoms with Gasteiger partial charge in [-0.3, -0.25) is 10.1 Å². The summed E-state index contributed by atoms with van der Waals surface area (Å²) in [6.45, 7) is 1.57. The van der Waals surface area contributed by atoms with Gasteiger partial charge >= 0.3 is 5.97 Å². The minimum absolute atomic E-state index is 0.338. The third-order valence-electron chi connectivity index (χ3n) is 5.45. The fourth-order valence-corrected chi connectivity index (χ4v) is 4.68. The molecule has 0 aliphatic heterocycles. The number of benzene rings is 3. The monoisotopic (exact) mass is 483 g/mol. The summed E-state index contributed by atoms with van der Waals surface area (Å²) in [5.41, 5.74) is 4.36. The van der Waals surface area contributed by atoms with Crippen molar-refractivity contribution in [2.24, 2.45) is 0 Å². The van der Waals surface area contributed by atoms with Gasteiger partial charge in [-0.2, -0.15) is 0 Å². The number of hydrogen-bond acceptors (Lipinski definition) is 7. The Hall–Kier alpha value is -4.30. The molecule has 0 fully saturated rings. The maximum atomic E-state index is 13.0. The van der Waals surface area contributed by atoms with Crippen LogP contribution in [0.2, 0.25) is 0 Å². The number of rotatable bonds is 6. The molecular formula is C27H21N3O4S. The Morgan fingerprint density at radius 2 is 1.74 bits per heavy atom. The maximum Gasteiger partial charge on any atom is 0.339 e.